The zero-order valence-corrected chi connectivity index (χ0v) is 11.5. The summed E-state index contributed by atoms with van der Waals surface area (Å²) in [4.78, 5) is 0. The maximum atomic E-state index is 5.17. The van der Waals surface area contributed by atoms with Crippen LogP contribution in [0, 0.1) is 11.7 Å². The van der Waals surface area contributed by atoms with Gasteiger partial charge in [-0.2, -0.15) is 5.10 Å². The molecule has 5 heteroatoms. The topological polar surface area (TPSA) is 33.6 Å². The fourth-order valence-corrected chi connectivity index (χ4v) is 2.55. The number of hydrogen-bond acceptors (Lipinski definition) is 2. The van der Waals surface area contributed by atoms with Gasteiger partial charge < -0.3 is 4.57 Å². The van der Waals surface area contributed by atoms with Crippen LogP contribution in [0.1, 0.15) is 12.5 Å². The van der Waals surface area contributed by atoms with Crippen LogP contribution in [0.25, 0.3) is 11.4 Å². The lowest BCUT2D eigenvalue weighted by molar-refractivity contribution is 0.755. The molecule has 2 rings (SSSR count). The van der Waals surface area contributed by atoms with Crippen molar-refractivity contribution in [3.63, 3.8) is 0 Å². The average Bonchev–Trinajstić information content (AvgIpc) is 2.59. The summed E-state index contributed by atoms with van der Waals surface area (Å²) in [6, 6.07) is 6.20. The molecule has 0 aliphatic rings. The lowest BCUT2D eigenvalue weighted by Crippen LogP contribution is -1.98. The fraction of sp³-hybridized carbons (Fsp3) is 0.273. The van der Waals surface area contributed by atoms with E-state index in [-0.39, 0.29) is 0 Å². The molecule has 0 unspecified atom stereocenters. The summed E-state index contributed by atoms with van der Waals surface area (Å²) in [6.07, 6.45) is 0. The Balaban J connectivity index is 2.63. The molecule has 0 bridgehead atoms. The van der Waals surface area contributed by atoms with Crippen LogP contribution < -0.4 is 0 Å². The molecule has 0 amide bonds. The summed E-state index contributed by atoms with van der Waals surface area (Å²) in [6.45, 7) is 4.92. The lowest BCUT2D eigenvalue weighted by Gasteiger charge is -2.06. The Morgan fingerprint density at radius 3 is 2.88 bits per heavy atom. The van der Waals surface area contributed by atoms with Crippen molar-refractivity contribution in [3.8, 4) is 11.4 Å². The number of H-pyrrole nitrogens is 1. The minimum Gasteiger partial charge on any atom is -0.300 e. The summed E-state index contributed by atoms with van der Waals surface area (Å²) in [5.74, 6) is 0.874. The molecule has 1 heterocycles. The van der Waals surface area contributed by atoms with Gasteiger partial charge >= 0.3 is 0 Å². The number of benzene rings is 1. The number of aromatic amines is 1. The predicted octanol–water partition coefficient (Wildman–Crippen LogP) is 3.70. The molecule has 16 heavy (non-hydrogen) atoms. The van der Waals surface area contributed by atoms with Gasteiger partial charge in [-0.05, 0) is 43.8 Å². The van der Waals surface area contributed by atoms with Gasteiger partial charge in [0.2, 0.25) is 0 Å². The van der Waals surface area contributed by atoms with E-state index in [2.05, 4.69) is 58.2 Å². The smallest absolute Gasteiger partial charge is 0.195 e. The standard InChI is InChI=1S/C11H12BrN3S/c1-3-15-10(13-14-11(15)16)8-5-4-7(2)6-9(8)12/h4-6H,3H2,1-2H3,(H,14,16). The quantitative estimate of drug-likeness (QED) is 0.858. The van der Waals surface area contributed by atoms with E-state index in [0.717, 1.165) is 22.4 Å². The Labute approximate surface area is 108 Å². The Kier molecular flexibility index (Phi) is 3.25. The number of aryl methyl sites for hydroxylation is 1. The molecule has 0 spiro atoms. The summed E-state index contributed by atoms with van der Waals surface area (Å²) in [7, 11) is 0. The molecule has 1 aromatic carbocycles. The van der Waals surface area contributed by atoms with Gasteiger partial charge in [0.05, 0.1) is 0 Å². The number of rotatable bonds is 2. The van der Waals surface area contributed by atoms with Crippen LogP contribution in [0.4, 0.5) is 0 Å². The van der Waals surface area contributed by atoms with Crippen molar-refractivity contribution in [2.45, 2.75) is 20.4 Å². The molecule has 2 aromatic rings. The molecule has 0 radical (unpaired) electrons. The van der Waals surface area contributed by atoms with E-state index in [4.69, 9.17) is 12.2 Å². The van der Waals surface area contributed by atoms with Gasteiger partial charge in [0.1, 0.15) is 0 Å². The van der Waals surface area contributed by atoms with E-state index >= 15 is 0 Å². The second-order valence-electron chi connectivity index (χ2n) is 3.58. The molecular formula is C11H12BrN3S. The van der Waals surface area contributed by atoms with Crippen LogP contribution in [0.5, 0.6) is 0 Å². The highest BCUT2D eigenvalue weighted by Crippen LogP contribution is 2.27. The van der Waals surface area contributed by atoms with E-state index in [0.29, 0.717) is 4.77 Å². The van der Waals surface area contributed by atoms with Gasteiger partial charge in [-0.15, -0.1) is 0 Å². The largest absolute Gasteiger partial charge is 0.300 e. The van der Waals surface area contributed by atoms with E-state index < -0.39 is 0 Å². The van der Waals surface area contributed by atoms with E-state index in [1.165, 1.54) is 5.56 Å². The normalized spacial score (nSPS) is 10.7. The Morgan fingerprint density at radius 2 is 2.25 bits per heavy atom. The number of hydrogen-bond donors (Lipinski definition) is 1. The number of nitrogens with zero attached hydrogens (tertiary/aromatic N) is 2. The summed E-state index contributed by atoms with van der Waals surface area (Å²) in [5, 5.41) is 7.09. The molecule has 0 saturated heterocycles. The van der Waals surface area contributed by atoms with Crippen LogP contribution in [-0.2, 0) is 6.54 Å². The van der Waals surface area contributed by atoms with Gasteiger partial charge in [-0.3, -0.25) is 5.10 Å². The number of halogens is 1. The average molecular weight is 298 g/mol. The highest BCUT2D eigenvalue weighted by Gasteiger charge is 2.10. The van der Waals surface area contributed by atoms with Gasteiger partial charge in [0.25, 0.3) is 0 Å². The molecule has 0 fully saturated rings. The molecular weight excluding hydrogens is 286 g/mol. The van der Waals surface area contributed by atoms with Crippen molar-refractivity contribution in [3.05, 3.63) is 33.0 Å². The van der Waals surface area contributed by atoms with Crippen molar-refractivity contribution in [2.24, 2.45) is 0 Å². The van der Waals surface area contributed by atoms with Crippen molar-refractivity contribution in [2.75, 3.05) is 0 Å². The molecule has 1 N–H and O–H groups in total. The zero-order valence-electron chi connectivity index (χ0n) is 9.12. The minimum atomic E-state index is 0.657. The Bertz CT molecular complexity index is 571. The predicted molar refractivity (Wildman–Crippen MR) is 71.0 cm³/mol. The van der Waals surface area contributed by atoms with E-state index in [9.17, 15) is 0 Å². The third-order valence-electron chi connectivity index (χ3n) is 2.44. The molecule has 3 nitrogen and oxygen atoms in total. The zero-order chi connectivity index (χ0) is 11.7. The summed E-state index contributed by atoms with van der Waals surface area (Å²) < 4.78 is 3.67. The minimum absolute atomic E-state index is 0.657. The first-order chi connectivity index (χ1) is 7.63. The molecule has 0 aliphatic heterocycles. The first-order valence-electron chi connectivity index (χ1n) is 5.05. The van der Waals surface area contributed by atoms with Crippen LogP contribution in [-0.4, -0.2) is 14.8 Å². The first-order valence-corrected chi connectivity index (χ1v) is 6.25. The summed E-state index contributed by atoms with van der Waals surface area (Å²) >= 11 is 8.73. The highest BCUT2D eigenvalue weighted by atomic mass is 79.9. The highest BCUT2D eigenvalue weighted by molar-refractivity contribution is 9.10. The van der Waals surface area contributed by atoms with Crippen molar-refractivity contribution < 1.29 is 0 Å². The fourth-order valence-electron chi connectivity index (χ4n) is 1.62. The number of nitrogens with one attached hydrogen (secondary N) is 1. The van der Waals surface area contributed by atoms with Gasteiger partial charge in [-0.25, -0.2) is 0 Å². The van der Waals surface area contributed by atoms with Crippen molar-refractivity contribution in [1.29, 1.82) is 0 Å². The number of aromatic nitrogens is 3. The second kappa shape index (κ2) is 4.51. The molecule has 0 aliphatic carbocycles. The molecule has 1 aromatic heterocycles. The van der Waals surface area contributed by atoms with Crippen LogP contribution >= 0.6 is 28.1 Å². The maximum absolute atomic E-state index is 5.17. The van der Waals surface area contributed by atoms with E-state index in [1.54, 1.807) is 0 Å². The van der Waals surface area contributed by atoms with Gasteiger partial charge in [0, 0.05) is 16.6 Å². The Morgan fingerprint density at radius 1 is 1.50 bits per heavy atom. The van der Waals surface area contributed by atoms with Crippen LogP contribution in [0.3, 0.4) is 0 Å². The lowest BCUT2D eigenvalue weighted by atomic mass is 10.1. The van der Waals surface area contributed by atoms with Gasteiger partial charge in [0.15, 0.2) is 10.6 Å². The van der Waals surface area contributed by atoms with Crippen molar-refractivity contribution >= 4 is 28.1 Å². The van der Waals surface area contributed by atoms with Crippen molar-refractivity contribution in [1.82, 2.24) is 14.8 Å². The molecule has 0 atom stereocenters. The maximum Gasteiger partial charge on any atom is 0.195 e. The van der Waals surface area contributed by atoms with Crippen LogP contribution in [0.15, 0.2) is 22.7 Å². The summed E-state index contributed by atoms with van der Waals surface area (Å²) in [5.41, 5.74) is 2.27. The SMILES string of the molecule is CCn1c(-c2ccc(C)cc2Br)n[nH]c1=S. The Hall–Kier alpha value is -0.940. The third kappa shape index (κ3) is 1.97. The second-order valence-corrected chi connectivity index (χ2v) is 4.82. The molecule has 84 valence electrons. The van der Waals surface area contributed by atoms with E-state index in [1.807, 2.05) is 4.57 Å². The molecule has 0 saturated carbocycles. The monoisotopic (exact) mass is 297 g/mol. The third-order valence-corrected chi connectivity index (χ3v) is 3.41. The first kappa shape index (κ1) is 11.5. The van der Waals surface area contributed by atoms with Gasteiger partial charge in [-0.1, -0.05) is 22.0 Å². The van der Waals surface area contributed by atoms with Crippen LogP contribution in [0.2, 0.25) is 0 Å².